The third kappa shape index (κ3) is 4.77. The number of carbonyl (C=O) groups excluding carboxylic acids is 2. The van der Waals surface area contributed by atoms with Crippen molar-refractivity contribution >= 4 is 17.8 Å². The monoisotopic (exact) mass is 322 g/mol. The smallest absolute Gasteiger partial charge is 0.326 e. The Hall–Kier alpha value is -2.44. The number of carbonyl (C=O) groups is 3. The first-order chi connectivity index (χ1) is 11.0. The van der Waals surface area contributed by atoms with Crippen molar-refractivity contribution in [3.05, 3.63) is 35.6 Å². The maximum absolute atomic E-state index is 12.8. The van der Waals surface area contributed by atoms with Crippen LogP contribution in [0.5, 0.6) is 0 Å². The average molecular weight is 322 g/mol. The van der Waals surface area contributed by atoms with E-state index in [1.165, 1.54) is 17.0 Å². The first-order valence-electron chi connectivity index (χ1n) is 7.51. The maximum atomic E-state index is 12.8. The predicted octanol–water partition coefficient (Wildman–Crippen LogP) is 1.30. The molecule has 1 unspecified atom stereocenters. The molecule has 23 heavy (non-hydrogen) atoms. The van der Waals surface area contributed by atoms with Gasteiger partial charge in [-0.25, -0.2) is 9.18 Å². The van der Waals surface area contributed by atoms with Crippen molar-refractivity contribution in [1.82, 2.24) is 10.2 Å². The zero-order valence-electron chi connectivity index (χ0n) is 12.6. The Labute approximate surface area is 133 Å². The molecule has 7 heteroatoms. The molecule has 1 heterocycles. The molecule has 0 aromatic heterocycles. The van der Waals surface area contributed by atoms with E-state index in [0.29, 0.717) is 19.4 Å². The number of carboxylic acids is 1. The Morgan fingerprint density at radius 1 is 1.22 bits per heavy atom. The normalized spacial score (nSPS) is 17.1. The second kappa shape index (κ2) is 7.71. The van der Waals surface area contributed by atoms with Crippen LogP contribution in [0, 0.1) is 5.82 Å². The number of aliphatic carboxylic acids is 1. The summed E-state index contributed by atoms with van der Waals surface area (Å²) in [4.78, 5) is 36.1. The van der Waals surface area contributed by atoms with E-state index in [-0.39, 0.29) is 37.0 Å². The van der Waals surface area contributed by atoms with Crippen LogP contribution in [0.2, 0.25) is 0 Å². The highest BCUT2D eigenvalue weighted by molar-refractivity contribution is 5.87. The number of amides is 2. The number of benzene rings is 1. The zero-order valence-corrected chi connectivity index (χ0v) is 12.6. The first kappa shape index (κ1) is 16.9. The first-order valence-corrected chi connectivity index (χ1v) is 7.51. The molecule has 0 spiro atoms. The van der Waals surface area contributed by atoms with Crippen LogP contribution >= 0.6 is 0 Å². The molecule has 1 aliphatic heterocycles. The summed E-state index contributed by atoms with van der Waals surface area (Å²) in [6, 6.07) is 4.99. The summed E-state index contributed by atoms with van der Waals surface area (Å²) in [6.07, 6.45) is 1.11. The fourth-order valence-electron chi connectivity index (χ4n) is 2.58. The van der Waals surface area contributed by atoms with Gasteiger partial charge in [0.05, 0.1) is 0 Å². The molecule has 2 amide bonds. The summed E-state index contributed by atoms with van der Waals surface area (Å²) < 4.78 is 12.8. The molecule has 124 valence electrons. The molecule has 1 aliphatic rings. The van der Waals surface area contributed by atoms with Crippen molar-refractivity contribution in [2.45, 2.75) is 38.3 Å². The van der Waals surface area contributed by atoms with Crippen LogP contribution in [-0.2, 0) is 20.9 Å². The topological polar surface area (TPSA) is 86.7 Å². The maximum Gasteiger partial charge on any atom is 0.326 e. The highest BCUT2D eigenvalue weighted by Crippen LogP contribution is 2.18. The minimum Gasteiger partial charge on any atom is -0.480 e. The third-order valence-electron chi connectivity index (χ3n) is 3.83. The molecule has 2 rings (SSSR count). The van der Waals surface area contributed by atoms with Crippen LogP contribution < -0.4 is 5.32 Å². The van der Waals surface area contributed by atoms with E-state index in [1.807, 2.05) is 0 Å². The van der Waals surface area contributed by atoms with Crippen LogP contribution in [0.15, 0.2) is 24.3 Å². The number of rotatable bonds is 6. The van der Waals surface area contributed by atoms with Crippen LogP contribution in [0.4, 0.5) is 4.39 Å². The second-order valence-electron chi connectivity index (χ2n) is 5.49. The standard InChI is InChI=1S/C16H19FN2O4/c17-12-5-3-11(4-6-12)10-18-14(20)7-8-15(21)19-9-1-2-13(19)16(22)23/h3-6,13H,1-2,7-10H2,(H,18,20)(H,22,23). The molecule has 1 atom stereocenters. The molecule has 0 bridgehead atoms. The van der Waals surface area contributed by atoms with Crippen molar-refractivity contribution in [3.63, 3.8) is 0 Å². The van der Waals surface area contributed by atoms with Crippen molar-refractivity contribution in [1.29, 1.82) is 0 Å². The lowest BCUT2D eigenvalue weighted by atomic mass is 10.2. The van der Waals surface area contributed by atoms with Crippen LogP contribution in [0.25, 0.3) is 0 Å². The summed E-state index contributed by atoms with van der Waals surface area (Å²) in [6.45, 7) is 0.682. The molecular weight excluding hydrogens is 303 g/mol. The van der Waals surface area contributed by atoms with E-state index < -0.39 is 12.0 Å². The van der Waals surface area contributed by atoms with Gasteiger partial charge in [0.2, 0.25) is 11.8 Å². The molecule has 0 aliphatic carbocycles. The number of carboxylic acid groups (broad SMARTS) is 1. The van der Waals surface area contributed by atoms with Gasteiger partial charge < -0.3 is 15.3 Å². The molecule has 1 aromatic rings. The number of hydrogen-bond acceptors (Lipinski definition) is 3. The van der Waals surface area contributed by atoms with Crippen LogP contribution in [-0.4, -0.2) is 40.4 Å². The Kier molecular flexibility index (Phi) is 5.67. The number of likely N-dealkylation sites (tertiary alicyclic amines) is 1. The molecule has 2 N–H and O–H groups in total. The molecule has 1 saturated heterocycles. The Morgan fingerprint density at radius 3 is 2.57 bits per heavy atom. The van der Waals surface area contributed by atoms with Gasteiger partial charge in [-0.15, -0.1) is 0 Å². The number of nitrogens with zero attached hydrogens (tertiary/aromatic N) is 1. The van der Waals surface area contributed by atoms with Crippen molar-refractivity contribution in [3.8, 4) is 0 Å². The van der Waals surface area contributed by atoms with Crippen LogP contribution in [0.3, 0.4) is 0 Å². The Bertz CT molecular complexity index is 588. The van der Waals surface area contributed by atoms with E-state index in [9.17, 15) is 18.8 Å². The van der Waals surface area contributed by atoms with Crippen LogP contribution in [0.1, 0.15) is 31.2 Å². The molecule has 1 aromatic carbocycles. The SMILES string of the molecule is O=C(CCC(=O)N1CCCC1C(=O)O)NCc1ccc(F)cc1. The van der Waals surface area contributed by atoms with Gasteiger partial charge in [0, 0.05) is 25.9 Å². The quantitative estimate of drug-likeness (QED) is 0.826. The summed E-state index contributed by atoms with van der Waals surface area (Å²) in [7, 11) is 0. The highest BCUT2D eigenvalue weighted by Gasteiger charge is 2.33. The highest BCUT2D eigenvalue weighted by atomic mass is 19.1. The van der Waals surface area contributed by atoms with E-state index in [4.69, 9.17) is 5.11 Å². The lowest BCUT2D eigenvalue weighted by Gasteiger charge is -2.21. The molecule has 6 nitrogen and oxygen atoms in total. The fourth-order valence-corrected chi connectivity index (χ4v) is 2.58. The molecule has 0 saturated carbocycles. The number of hydrogen-bond donors (Lipinski definition) is 2. The zero-order chi connectivity index (χ0) is 16.8. The average Bonchev–Trinajstić information content (AvgIpc) is 3.02. The van der Waals surface area contributed by atoms with E-state index in [0.717, 1.165) is 5.56 Å². The minimum absolute atomic E-state index is 0.00284. The lowest BCUT2D eigenvalue weighted by Crippen LogP contribution is -2.40. The summed E-state index contributed by atoms with van der Waals surface area (Å²) in [5, 5.41) is 11.7. The van der Waals surface area contributed by atoms with Gasteiger partial charge in [-0.1, -0.05) is 12.1 Å². The largest absolute Gasteiger partial charge is 0.480 e. The second-order valence-corrected chi connectivity index (χ2v) is 5.49. The van der Waals surface area contributed by atoms with Gasteiger partial charge in [-0.3, -0.25) is 9.59 Å². The van der Waals surface area contributed by atoms with E-state index in [1.54, 1.807) is 12.1 Å². The fraction of sp³-hybridized carbons (Fsp3) is 0.438. The van der Waals surface area contributed by atoms with Gasteiger partial charge in [-0.2, -0.15) is 0 Å². The van der Waals surface area contributed by atoms with E-state index in [2.05, 4.69) is 5.32 Å². The van der Waals surface area contributed by atoms with Gasteiger partial charge >= 0.3 is 5.97 Å². The van der Waals surface area contributed by atoms with Gasteiger partial charge in [-0.05, 0) is 30.5 Å². The summed E-state index contributed by atoms with van der Waals surface area (Å²) in [5.74, 6) is -1.96. The lowest BCUT2D eigenvalue weighted by molar-refractivity contribution is -0.148. The molecule has 0 radical (unpaired) electrons. The van der Waals surface area contributed by atoms with Crippen molar-refractivity contribution in [2.75, 3.05) is 6.54 Å². The number of nitrogens with one attached hydrogen (secondary N) is 1. The summed E-state index contributed by atoms with van der Waals surface area (Å²) in [5.41, 5.74) is 0.761. The van der Waals surface area contributed by atoms with Gasteiger partial charge in [0.15, 0.2) is 0 Å². The predicted molar refractivity (Wildman–Crippen MR) is 79.9 cm³/mol. The molecular formula is C16H19FN2O4. The minimum atomic E-state index is -1.00. The Balaban J connectivity index is 1.74. The van der Waals surface area contributed by atoms with Crippen molar-refractivity contribution in [2.24, 2.45) is 0 Å². The van der Waals surface area contributed by atoms with Crippen molar-refractivity contribution < 1.29 is 23.9 Å². The Morgan fingerprint density at radius 2 is 1.91 bits per heavy atom. The van der Waals surface area contributed by atoms with E-state index >= 15 is 0 Å². The molecule has 1 fully saturated rings. The number of halogens is 1. The van der Waals surface area contributed by atoms with Gasteiger partial charge in [0.1, 0.15) is 11.9 Å². The summed E-state index contributed by atoms with van der Waals surface area (Å²) >= 11 is 0. The van der Waals surface area contributed by atoms with Gasteiger partial charge in [0.25, 0.3) is 0 Å². The third-order valence-corrected chi connectivity index (χ3v) is 3.83.